The number of anilines is 2. The van der Waals surface area contributed by atoms with Crippen molar-refractivity contribution in [2.45, 2.75) is 6.92 Å². The van der Waals surface area contributed by atoms with Gasteiger partial charge in [0.15, 0.2) is 0 Å². The summed E-state index contributed by atoms with van der Waals surface area (Å²) < 4.78 is 0. The lowest BCUT2D eigenvalue weighted by Gasteiger charge is -2.17. The second-order valence-electron chi connectivity index (χ2n) is 4.18. The number of hydrogen-bond acceptors (Lipinski definition) is 3. The minimum atomic E-state index is -0.0453. The van der Waals surface area contributed by atoms with Crippen LogP contribution in [-0.4, -0.2) is 24.5 Å². The second-order valence-corrected chi connectivity index (χ2v) is 4.18. The van der Waals surface area contributed by atoms with Gasteiger partial charge in [0, 0.05) is 31.0 Å². The molecule has 0 spiro atoms. The molecule has 2 aromatic rings. The number of amides is 1. The van der Waals surface area contributed by atoms with E-state index >= 15 is 0 Å². The minimum absolute atomic E-state index is 0.0453. The zero-order chi connectivity index (χ0) is 13.7. The topological polar surface area (TPSA) is 45.2 Å². The van der Waals surface area contributed by atoms with Crippen LogP contribution in [0.3, 0.4) is 0 Å². The van der Waals surface area contributed by atoms with Crippen molar-refractivity contribution < 1.29 is 4.79 Å². The van der Waals surface area contributed by atoms with Gasteiger partial charge in [-0.3, -0.25) is 9.78 Å². The lowest BCUT2D eigenvalue weighted by Crippen LogP contribution is -2.26. The third-order valence-corrected chi connectivity index (χ3v) is 2.85. The Morgan fingerprint density at radius 2 is 2.00 bits per heavy atom. The predicted molar refractivity (Wildman–Crippen MR) is 77.6 cm³/mol. The van der Waals surface area contributed by atoms with Crippen molar-refractivity contribution in [1.82, 2.24) is 4.98 Å². The summed E-state index contributed by atoms with van der Waals surface area (Å²) in [6, 6.07) is 11.1. The highest BCUT2D eigenvalue weighted by Crippen LogP contribution is 2.15. The maximum Gasteiger partial charge on any atom is 0.258 e. The molecule has 1 aromatic carbocycles. The summed E-state index contributed by atoms with van der Waals surface area (Å²) in [6.07, 6.45) is 3.36. The van der Waals surface area contributed by atoms with Crippen LogP contribution in [0, 0.1) is 0 Å². The van der Waals surface area contributed by atoms with Crippen molar-refractivity contribution in [3.8, 4) is 0 Å². The minimum Gasteiger partial charge on any atom is -0.385 e. The summed E-state index contributed by atoms with van der Waals surface area (Å²) in [6.45, 7) is 2.90. The van der Waals surface area contributed by atoms with Crippen LogP contribution in [0.5, 0.6) is 0 Å². The van der Waals surface area contributed by atoms with Gasteiger partial charge in [0.2, 0.25) is 0 Å². The molecule has 4 heteroatoms. The standard InChI is InChI=1S/C15H17N3O/c1-3-17-13-8-6-12(7-9-13)15(19)18(2)14-5-4-10-16-11-14/h4-11,17H,3H2,1-2H3. The van der Waals surface area contributed by atoms with Gasteiger partial charge in [-0.1, -0.05) is 0 Å². The van der Waals surface area contributed by atoms with Crippen molar-refractivity contribution in [1.29, 1.82) is 0 Å². The van der Waals surface area contributed by atoms with Crippen molar-refractivity contribution in [2.24, 2.45) is 0 Å². The van der Waals surface area contributed by atoms with Gasteiger partial charge in [-0.05, 0) is 43.3 Å². The zero-order valence-corrected chi connectivity index (χ0v) is 11.1. The van der Waals surface area contributed by atoms with Gasteiger partial charge in [-0.2, -0.15) is 0 Å². The second kappa shape index (κ2) is 6.00. The summed E-state index contributed by atoms with van der Waals surface area (Å²) in [7, 11) is 1.75. The quantitative estimate of drug-likeness (QED) is 0.913. The number of hydrogen-bond donors (Lipinski definition) is 1. The lowest BCUT2D eigenvalue weighted by molar-refractivity contribution is 0.0993. The largest absolute Gasteiger partial charge is 0.385 e. The molecule has 4 nitrogen and oxygen atoms in total. The molecule has 0 fully saturated rings. The molecule has 0 saturated carbocycles. The Balaban J connectivity index is 2.15. The van der Waals surface area contributed by atoms with Crippen LogP contribution in [0.25, 0.3) is 0 Å². The summed E-state index contributed by atoms with van der Waals surface area (Å²) in [4.78, 5) is 17.9. The smallest absolute Gasteiger partial charge is 0.258 e. The first-order valence-electron chi connectivity index (χ1n) is 6.24. The Morgan fingerprint density at radius 1 is 1.26 bits per heavy atom. The SMILES string of the molecule is CCNc1ccc(C(=O)N(C)c2cccnc2)cc1. The van der Waals surface area contributed by atoms with Crippen LogP contribution in [-0.2, 0) is 0 Å². The number of pyridine rings is 1. The van der Waals surface area contributed by atoms with Crippen LogP contribution in [0.2, 0.25) is 0 Å². The zero-order valence-electron chi connectivity index (χ0n) is 11.1. The first kappa shape index (κ1) is 13.1. The van der Waals surface area contributed by atoms with E-state index < -0.39 is 0 Å². The number of benzene rings is 1. The molecular weight excluding hydrogens is 238 g/mol. The fourth-order valence-electron chi connectivity index (χ4n) is 1.80. The molecular formula is C15H17N3O. The average Bonchev–Trinajstić information content (AvgIpc) is 2.48. The van der Waals surface area contributed by atoms with Crippen molar-refractivity contribution in [2.75, 3.05) is 23.8 Å². The number of aromatic nitrogens is 1. The molecule has 0 unspecified atom stereocenters. The molecule has 0 radical (unpaired) electrons. The molecule has 19 heavy (non-hydrogen) atoms. The number of rotatable bonds is 4. The van der Waals surface area contributed by atoms with E-state index in [1.165, 1.54) is 0 Å². The van der Waals surface area contributed by atoms with Gasteiger partial charge in [-0.15, -0.1) is 0 Å². The van der Waals surface area contributed by atoms with E-state index in [4.69, 9.17) is 0 Å². The normalized spacial score (nSPS) is 10.0. The van der Waals surface area contributed by atoms with E-state index in [1.54, 1.807) is 24.3 Å². The van der Waals surface area contributed by atoms with Gasteiger partial charge < -0.3 is 10.2 Å². The summed E-state index contributed by atoms with van der Waals surface area (Å²) >= 11 is 0. The van der Waals surface area contributed by atoms with Gasteiger partial charge in [0.1, 0.15) is 0 Å². The molecule has 0 atom stereocenters. The third kappa shape index (κ3) is 3.10. The summed E-state index contributed by atoms with van der Waals surface area (Å²) in [5, 5.41) is 3.20. The first-order valence-corrected chi connectivity index (χ1v) is 6.24. The number of carbonyl (C=O) groups is 1. The van der Waals surface area contributed by atoms with E-state index in [9.17, 15) is 4.79 Å². The van der Waals surface area contributed by atoms with Crippen LogP contribution in [0.15, 0.2) is 48.8 Å². The summed E-state index contributed by atoms with van der Waals surface area (Å²) in [5.74, 6) is -0.0453. The molecule has 0 aliphatic carbocycles. The van der Waals surface area contributed by atoms with Crippen LogP contribution < -0.4 is 10.2 Å². The summed E-state index contributed by atoms with van der Waals surface area (Å²) in [5.41, 5.74) is 2.46. The Morgan fingerprint density at radius 3 is 2.58 bits per heavy atom. The van der Waals surface area contributed by atoms with Crippen molar-refractivity contribution >= 4 is 17.3 Å². The molecule has 1 heterocycles. The van der Waals surface area contributed by atoms with Crippen LogP contribution in [0.4, 0.5) is 11.4 Å². The van der Waals surface area contributed by atoms with Gasteiger partial charge in [0.25, 0.3) is 5.91 Å². The van der Waals surface area contributed by atoms with Crippen LogP contribution >= 0.6 is 0 Å². The molecule has 0 aliphatic heterocycles. The average molecular weight is 255 g/mol. The molecule has 2 rings (SSSR count). The highest BCUT2D eigenvalue weighted by molar-refractivity contribution is 6.05. The Kier molecular flexibility index (Phi) is 4.13. The number of carbonyl (C=O) groups excluding carboxylic acids is 1. The Bertz CT molecular complexity index is 537. The van der Waals surface area contributed by atoms with E-state index in [0.717, 1.165) is 17.9 Å². The highest BCUT2D eigenvalue weighted by Gasteiger charge is 2.13. The lowest BCUT2D eigenvalue weighted by atomic mass is 10.1. The Labute approximate surface area is 113 Å². The van der Waals surface area contributed by atoms with E-state index in [2.05, 4.69) is 10.3 Å². The van der Waals surface area contributed by atoms with E-state index in [0.29, 0.717) is 5.56 Å². The molecule has 0 saturated heterocycles. The third-order valence-electron chi connectivity index (χ3n) is 2.85. The van der Waals surface area contributed by atoms with Gasteiger partial charge in [-0.25, -0.2) is 0 Å². The molecule has 0 bridgehead atoms. The molecule has 98 valence electrons. The van der Waals surface area contributed by atoms with Gasteiger partial charge in [0.05, 0.1) is 11.9 Å². The maximum absolute atomic E-state index is 12.3. The number of nitrogens with one attached hydrogen (secondary N) is 1. The van der Waals surface area contributed by atoms with E-state index in [1.807, 2.05) is 43.3 Å². The maximum atomic E-state index is 12.3. The Hall–Kier alpha value is -2.36. The van der Waals surface area contributed by atoms with Crippen molar-refractivity contribution in [3.63, 3.8) is 0 Å². The molecule has 0 aliphatic rings. The fourth-order valence-corrected chi connectivity index (χ4v) is 1.80. The molecule has 1 amide bonds. The molecule has 1 aromatic heterocycles. The van der Waals surface area contributed by atoms with Crippen LogP contribution in [0.1, 0.15) is 17.3 Å². The molecule has 1 N–H and O–H groups in total. The van der Waals surface area contributed by atoms with Crippen molar-refractivity contribution in [3.05, 3.63) is 54.4 Å². The fraction of sp³-hybridized carbons (Fsp3) is 0.200. The monoisotopic (exact) mass is 255 g/mol. The van der Waals surface area contributed by atoms with Gasteiger partial charge >= 0.3 is 0 Å². The number of nitrogens with zero attached hydrogens (tertiary/aromatic N) is 2. The first-order chi connectivity index (χ1) is 9.22. The highest BCUT2D eigenvalue weighted by atomic mass is 16.2. The predicted octanol–water partition coefficient (Wildman–Crippen LogP) is 2.79. The van der Waals surface area contributed by atoms with E-state index in [-0.39, 0.29) is 5.91 Å².